The van der Waals surface area contributed by atoms with Gasteiger partial charge in [-0.05, 0) is 57.0 Å². The fourth-order valence-electron chi connectivity index (χ4n) is 3.53. The molecule has 17 heavy (non-hydrogen) atoms. The van der Waals surface area contributed by atoms with Gasteiger partial charge in [0.05, 0.1) is 6.10 Å². The second kappa shape index (κ2) is 7.38. The smallest absolute Gasteiger partial charge is 0.0576 e. The average Bonchev–Trinajstić information content (AvgIpc) is 2.88. The second-order valence-corrected chi connectivity index (χ2v) is 5.82. The van der Waals surface area contributed by atoms with Gasteiger partial charge in [0.15, 0.2) is 0 Å². The van der Waals surface area contributed by atoms with E-state index in [0.29, 0.717) is 6.10 Å². The van der Waals surface area contributed by atoms with Crippen molar-refractivity contribution in [2.24, 2.45) is 11.8 Å². The van der Waals surface area contributed by atoms with Crippen LogP contribution >= 0.6 is 0 Å². The van der Waals surface area contributed by atoms with Crippen LogP contribution in [-0.4, -0.2) is 25.8 Å². The second-order valence-electron chi connectivity index (χ2n) is 5.82. The van der Waals surface area contributed by atoms with E-state index in [1.165, 1.54) is 57.9 Å². The predicted octanol–water partition coefficient (Wildman–Crippen LogP) is 3.36. The van der Waals surface area contributed by atoms with Crippen LogP contribution in [0, 0.1) is 11.8 Å². The monoisotopic (exact) mass is 239 g/mol. The molecular formula is C15H29NO. The molecule has 2 aliphatic rings. The number of hydrogen-bond donors (Lipinski definition) is 1. The highest BCUT2D eigenvalue weighted by molar-refractivity contribution is 4.78. The fourth-order valence-corrected chi connectivity index (χ4v) is 3.53. The van der Waals surface area contributed by atoms with Gasteiger partial charge in [0, 0.05) is 6.61 Å². The SMILES string of the molecule is CCNCC1CCCCC1CCC1CCCO1. The molecule has 0 spiro atoms. The van der Waals surface area contributed by atoms with Crippen molar-refractivity contribution >= 4 is 0 Å². The Hall–Kier alpha value is -0.0800. The van der Waals surface area contributed by atoms with Gasteiger partial charge >= 0.3 is 0 Å². The maximum atomic E-state index is 5.74. The zero-order valence-electron chi connectivity index (χ0n) is 11.4. The van der Waals surface area contributed by atoms with E-state index in [1.54, 1.807) is 0 Å². The topological polar surface area (TPSA) is 21.3 Å². The third kappa shape index (κ3) is 4.26. The zero-order chi connectivity index (χ0) is 11.9. The van der Waals surface area contributed by atoms with Crippen molar-refractivity contribution in [1.29, 1.82) is 0 Å². The van der Waals surface area contributed by atoms with Gasteiger partial charge in [-0.3, -0.25) is 0 Å². The molecule has 1 N–H and O–H groups in total. The Labute approximate surface area is 107 Å². The number of ether oxygens (including phenoxy) is 1. The lowest BCUT2D eigenvalue weighted by Gasteiger charge is -2.32. The van der Waals surface area contributed by atoms with Crippen molar-refractivity contribution in [3.8, 4) is 0 Å². The molecule has 0 aromatic carbocycles. The molecule has 0 aromatic heterocycles. The molecule has 0 aromatic rings. The summed E-state index contributed by atoms with van der Waals surface area (Å²) in [6.45, 7) is 5.59. The summed E-state index contributed by atoms with van der Waals surface area (Å²) in [5.74, 6) is 1.90. The molecule has 2 heteroatoms. The molecule has 0 amide bonds. The summed E-state index contributed by atoms with van der Waals surface area (Å²) in [5.41, 5.74) is 0. The van der Waals surface area contributed by atoms with Gasteiger partial charge in [-0.25, -0.2) is 0 Å². The van der Waals surface area contributed by atoms with Crippen LogP contribution in [0.5, 0.6) is 0 Å². The van der Waals surface area contributed by atoms with Crippen LogP contribution in [0.3, 0.4) is 0 Å². The van der Waals surface area contributed by atoms with Crippen molar-refractivity contribution in [1.82, 2.24) is 5.32 Å². The number of nitrogens with one attached hydrogen (secondary N) is 1. The van der Waals surface area contributed by atoms with Crippen molar-refractivity contribution in [2.75, 3.05) is 19.7 Å². The molecule has 1 saturated carbocycles. The summed E-state index contributed by atoms with van der Waals surface area (Å²) >= 11 is 0. The summed E-state index contributed by atoms with van der Waals surface area (Å²) in [6, 6.07) is 0. The highest BCUT2D eigenvalue weighted by atomic mass is 16.5. The summed E-state index contributed by atoms with van der Waals surface area (Å²) in [7, 11) is 0. The maximum Gasteiger partial charge on any atom is 0.0576 e. The van der Waals surface area contributed by atoms with Gasteiger partial charge in [-0.2, -0.15) is 0 Å². The van der Waals surface area contributed by atoms with Crippen LogP contribution in [0.2, 0.25) is 0 Å². The molecule has 100 valence electrons. The molecule has 2 nitrogen and oxygen atoms in total. The molecule has 2 rings (SSSR count). The third-order valence-electron chi connectivity index (χ3n) is 4.61. The first-order valence-corrected chi connectivity index (χ1v) is 7.72. The van der Waals surface area contributed by atoms with Gasteiger partial charge in [0.25, 0.3) is 0 Å². The van der Waals surface area contributed by atoms with Crippen LogP contribution in [0.4, 0.5) is 0 Å². The lowest BCUT2D eigenvalue weighted by molar-refractivity contribution is 0.0898. The van der Waals surface area contributed by atoms with Crippen LogP contribution in [0.15, 0.2) is 0 Å². The van der Waals surface area contributed by atoms with Crippen molar-refractivity contribution in [3.63, 3.8) is 0 Å². The van der Waals surface area contributed by atoms with E-state index in [0.717, 1.165) is 25.0 Å². The van der Waals surface area contributed by atoms with Gasteiger partial charge in [0.1, 0.15) is 0 Å². The van der Waals surface area contributed by atoms with E-state index in [9.17, 15) is 0 Å². The van der Waals surface area contributed by atoms with Gasteiger partial charge in [-0.1, -0.05) is 26.2 Å². The van der Waals surface area contributed by atoms with Gasteiger partial charge < -0.3 is 10.1 Å². The Morgan fingerprint density at radius 3 is 2.53 bits per heavy atom. The molecule has 1 saturated heterocycles. The Bertz CT molecular complexity index is 201. The van der Waals surface area contributed by atoms with Gasteiger partial charge in [-0.15, -0.1) is 0 Å². The summed E-state index contributed by atoms with van der Waals surface area (Å²) in [5, 5.41) is 3.54. The highest BCUT2D eigenvalue weighted by Crippen LogP contribution is 2.34. The quantitative estimate of drug-likeness (QED) is 0.767. The van der Waals surface area contributed by atoms with E-state index < -0.39 is 0 Å². The normalized spacial score (nSPS) is 34.1. The van der Waals surface area contributed by atoms with Crippen LogP contribution in [-0.2, 0) is 4.74 Å². The minimum Gasteiger partial charge on any atom is -0.378 e. The molecule has 1 heterocycles. The molecule has 1 aliphatic heterocycles. The average molecular weight is 239 g/mol. The first-order valence-electron chi connectivity index (χ1n) is 7.72. The largest absolute Gasteiger partial charge is 0.378 e. The minimum absolute atomic E-state index is 0.594. The Kier molecular flexibility index (Phi) is 5.79. The van der Waals surface area contributed by atoms with Crippen LogP contribution in [0.1, 0.15) is 58.3 Å². The van der Waals surface area contributed by atoms with Crippen LogP contribution < -0.4 is 5.32 Å². The summed E-state index contributed by atoms with van der Waals surface area (Å²) in [6.07, 6.45) is 11.7. The van der Waals surface area contributed by atoms with E-state index in [1.807, 2.05) is 0 Å². The van der Waals surface area contributed by atoms with Gasteiger partial charge in [0.2, 0.25) is 0 Å². The van der Waals surface area contributed by atoms with Crippen LogP contribution in [0.25, 0.3) is 0 Å². The summed E-state index contributed by atoms with van der Waals surface area (Å²) in [4.78, 5) is 0. The lowest BCUT2D eigenvalue weighted by Crippen LogP contribution is -2.31. The van der Waals surface area contributed by atoms with Crippen molar-refractivity contribution < 1.29 is 4.74 Å². The molecule has 3 atom stereocenters. The Morgan fingerprint density at radius 1 is 1.00 bits per heavy atom. The molecule has 0 bridgehead atoms. The highest BCUT2D eigenvalue weighted by Gasteiger charge is 2.26. The molecule has 3 unspecified atom stereocenters. The molecule has 2 fully saturated rings. The molecule has 1 aliphatic carbocycles. The van der Waals surface area contributed by atoms with Crippen molar-refractivity contribution in [2.45, 2.75) is 64.4 Å². The summed E-state index contributed by atoms with van der Waals surface area (Å²) < 4.78 is 5.74. The molecule has 0 radical (unpaired) electrons. The number of rotatable bonds is 6. The fraction of sp³-hybridized carbons (Fsp3) is 1.00. The zero-order valence-corrected chi connectivity index (χ0v) is 11.4. The van der Waals surface area contributed by atoms with E-state index in [4.69, 9.17) is 4.74 Å². The van der Waals surface area contributed by atoms with E-state index >= 15 is 0 Å². The first kappa shape index (κ1) is 13.4. The predicted molar refractivity (Wildman–Crippen MR) is 72.2 cm³/mol. The molecular weight excluding hydrogens is 210 g/mol. The van der Waals surface area contributed by atoms with E-state index in [2.05, 4.69) is 12.2 Å². The lowest BCUT2D eigenvalue weighted by atomic mass is 9.76. The maximum absolute atomic E-state index is 5.74. The minimum atomic E-state index is 0.594. The Balaban J connectivity index is 1.71. The first-order chi connectivity index (χ1) is 8.40. The standard InChI is InChI=1S/C15H29NO/c1-2-16-12-14-7-4-3-6-13(14)9-10-15-8-5-11-17-15/h13-16H,2-12H2,1H3. The third-order valence-corrected chi connectivity index (χ3v) is 4.61. The van der Waals surface area contributed by atoms with E-state index in [-0.39, 0.29) is 0 Å². The Morgan fingerprint density at radius 2 is 1.82 bits per heavy atom. The van der Waals surface area contributed by atoms with Crippen molar-refractivity contribution in [3.05, 3.63) is 0 Å². The number of hydrogen-bond acceptors (Lipinski definition) is 2.